The highest BCUT2D eigenvalue weighted by molar-refractivity contribution is 6.02. The molecule has 1 heterocycles. The zero-order valence-electron chi connectivity index (χ0n) is 7.18. The lowest BCUT2D eigenvalue weighted by Crippen LogP contribution is -1.97. The molecule has 72 valence electrons. The van der Waals surface area contributed by atoms with Crippen LogP contribution in [0.2, 0.25) is 0 Å². The molecule has 4 heteroatoms. The third kappa shape index (κ3) is 1.67. The van der Waals surface area contributed by atoms with E-state index in [1.165, 1.54) is 0 Å². The van der Waals surface area contributed by atoms with Crippen molar-refractivity contribution in [1.29, 1.82) is 0 Å². The number of carboxylic acids is 1. The fourth-order valence-electron chi connectivity index (χ4n) is 1.29. The Morgan fingerprint density at radius 1 is 1.21 bits per heavy atom. The second-order valence-electron chi connectivity index (χ2n) is 2.68. The van der Waals surface area contributed by atoms with Crippen molar-refractivity contribution >= 4 is 29.3 Å². The molecule has 0 radical (unpaired) electrons. The lowest BCUT2D eigenvalue weighted by molar-refractivity contribution is 0.0699. The molecule has 0 spiro atoms. The van der Waals surface area contributed by atoms with Crippen molar-refractivity contribution < 1.29 is 9.90 Å². The molecule has 0 aliphatic heterocycles. The highest BCUT2D eigenvalue weighted by Crippen LogP contribution is 2.15. The van der Waals surface area contributed by atoms with Crippen LogP contribution >= 0.6 is 12.4 Å². The van der Waals surface area contributed by atoms with Gasteiger partial charge in [-0.1, -0.05) is 12.1 Å². The molecule has 0 unspecified atom stereocenters. The number of benzene rings is 1. The average Bonchev–Trinajstić information content (AvgIpc) is 2.17. The van der Waals surface area contributed by atoms with Gasteiger partial charge in [-0.3, -0.25) is 4.98 Å². The zero-order chi connectivity index (χ0) is 9.26. The van der Waals surface area contributed by atoms with E-state index in [0.717, 1.165) is 0 Å². The van der Waals surface area contributed by atoms with Gasteiger partial charge in [0.2, 0.25) is 0 Å². The first-order valence-electron chi connectivity index (χ1n) is 3.86. The van der Waals surface area contributed by atoms with Crippen molar-refractivity contribution in [2.45, 2.75) is 0 Å². The molecular formula is C10H8ClNO2. The fourth-order valence-corrected chi connectivity index (χ4v) is 1.29. The van der Waals surface area contributed by atoms with Crippen molar-refractivity contribution in [3.05, 3.63) is 42.1 Å². The highest BCUT2D eigenvalue weighted by atomic mass is 35.5. The third-order valence-electron chi connectivity index (χ3n) is 1.88. The highest BCUT2D eigenvalue weighted by Gasteiger charge is 2.06. The summed E-state index contributed by atoms with van der Waals surface area (Å²) < 4.78 is 0. The molecule has 0 saturated carbocycles. The van der Waals surface area contributed by atoms with Crippen LogP contribution in [-0.2, 0) is 0 Å². The molecule has 0 amide bonds. The summed E-state index contributed by atoms with van der Waals surface area (Å²) in [4.78, 5) is 14.8. The SMILES string of the molecule is Cl.O=C(O)c1cccc2ncccc12. The number of hydrogen-bond acceptors (Lipinski definition) is 2. The predicted octanol–water partition coefficient (Wildman–Crippen LogP) is 2.35. The van der Waals surface area contributed by atoms with Crippen LogP contribution in [0.4, 0.5) is 0 Å². The monoisotopic (exact) mass is 209 g/mol. The van der Waals surface area contributed by atoms with Gasteiger partial charge in [0.05, 0.1) is 11.1 Å². The first-order valence-corrected chi connectivity index (χ1v) is 3.86. The molecule has 0 saturated heterocycles. The number of carboxylic acid groups (broad SMARTS) is 1. The Labute approximate surface area is 86.8 Å². The minimum atomic E-state index is -0.918. The summed E-state index contributed by atoms with van der Waals surface area (Å²) in [6.45, 7) is 0. The van der Waals surface area contributed by atoms with E-state index in [4.69, 9.17) is 5.11 Å². The molecule has 0 bridgehead atoms. The number of aromatic carboxylic acids is 1. The molecule has 3 nitrogen and oxygen atoms in total. The van der Waals surface area contributed by atoms with Crippen LogP contribution < -0.4 is 0 Å². The number of pyridine rings is 1. The predicted molar refractivity (Wildman–Crippen MR) is 56.0 cm³/mol. The first-order chi connectivity index (χ1) is 6.29. The normalized spacial score (nSPS) is 9.43. The zero-order valence-corrected chi connectivity index (χ0v) is 7.99. The van der Waals surface area contributed by atoms with E-state index >= 15 is 0 Å². The molecule has 14 heavy (non-hydrogen) atoms. The Kier molecular flexibility index (Phi) is 3.04. The lowest BCUT2D eigenvalue weighted by atomic mass is 10.1. The second-order valence-corrected chi connectivity index (χ2v) is 2.68. The smallest absolute Gasteiger partial charge is 0.336 e. The van der Waals surface area contributed by atoms with E-state index in [2.05, 4.69) is 4.98 Å². The van der Waals surface area contributed by atoms with Crippen LogP contribution in [0.3, 0.4) is 0 Å². The topological polar surface area (TPSA) is 50.2 Å². The second kappa shape index (κ2) is 4.07. The van der Waals surface area contributed by atoms with E-state index < -0.39 is 5.97 Å². The van der Waals surface area contributed by atoms with Gasteiger partial charge in [-0.05, 0) is 18.2 Å². The molecule has 2 rings (SSSR count). The number of aromatic nitrogens is 1. The van der Waals surface area contributed by atoms with E-state index in [1.54, 1.807) is 36.5 Å². The number of hydrogen-bond donors (Lipinski definition) is 1. The minimum Gasteiger partial charge on any atom is -0.478 e. The summed E-state index contributed by atoms with van der Waals surface area (Å²) in [5.74, 6) is -0.918. The minimum absolute atomic E-state index is 0. The molecule has 0 aliphatic rings. The Balaban J connectivity index is 0.000000980. The van der Waals surface area contributed by atoms with Gasteiger partial charge in [-0.15, -0.1) is 12.4 Å². The maximum Gasteiger partial charge on any atom is 0.336 e. The van der Waals surface area contributed by atoms with Crippen LogP contribution in [-0.4, -0.2) is 16.1 Å². The quantitative estimate of drug-likeness (QED) is 0.785. The Bertz CT molecular complexity index is 465. The molecule has 0 atom stereocenters. The van der Waals surface area contributed by atoms with Gasteiger partial charge in [-0.25, -0.2) is 4.79 Å². The van der Waals surface area contributed by atoms with E-state index in [9.17, 15) is 4.79 Å². The lowest BCUT2D eigenvalue weighted by Gasteiger charge is -1.99. The molecule has 1 aromatic carbocycles. The van der Waals surface area contributed by atoms with Crippen LogP contribution in [0.25, 0.3) is 10.9 Å². The molecular weight excluding hydrogens is 202 g/mol. The van der Waals surface area contributed by atoms with Crippen molar-refractivity contribution in [1.82, 2.24) is 4.98 Å². The molecule has 0 fully saturated rings. The van der Waals surface area contributed by atoms with Crippen LogP contribution in [0, 0.1) is 0 Å². The van der Waals surface area contributed by atoms with E-state index in [1.807, 2.05) is 0 Å². The maximum absolute atomic E-state index is 10.8. The maximum atomic E-state index is 10.8. The number of fused-ring (bicyclic) bond motifs is 1. The summed E-state index contributed by atoms with van der Waals surface area (Å²) in [6, 6.07) is 8.55. The van der Waals surface area contributed by atoms with Gasteiger partial charge in [-0.2, -0.15) is 0 Å². The fraction of sp³-hybridized carbons (Fsp3) is 0. The summed E-state index contributed by atoms with van der Waals surface area (Å²) >= 11 is 0. The first kappa shape index (κ1) is 10.5. The van der Waals surface area contributed by atoms with Crippen LogP contribution in [0.1, 0.15) is 10.4 Å². The Hall–Kier alpha value is -1.61. The van der Waals surface area contributed by atoms with Gasteiger partial charge in [0.25, 0.3) is 0 Å². The molecule has 0 aliphatic carbocycles. The number of nitrogens with zero attached hydrogens (tertiary/aromatic N) is 1. The van der Waals surface area contributed by atoms with Gasteiger partial charge in [0, 0.05) is 11.6 Å². The van der Waals surface area contributed by atoms with Gasteiger partial charge < -0.3 is 5.11 Å². The van der Waals surface area contributed by atoms with Crippen molar-refractivity contribution in [3.63, 3.8) is 0 Å². The molecule has 1 aromatic heterocycles. The summed E-state index contributed by atoms with van der Waals surface area (Å²) in [5.41, 5.74) is 1.01. The number of carbonyl (C=O) groups is 1. The standard InChI is InChI=1S/C10H7NO2.ClH/c12-10(13)8-3-1-5-9-7(8)4-2-6-11-9;/h1-6H,(H,12,13);1H. The van der Waals surface area contributed by atoms with Gasteiger partial charge >= 0.3 is 5.97 Å². The van der Waals surface area contributed by atoms with Crippen molar-refractivity contribution in [2.75, 3.05) is 0 Å². The van der Waals surface area contributed by atoms with E-state index in [-0.39, 0.29) is 12.4 Å². The van der Waals surface area contributed by atoms with E-state index in [0.29, 0.717) is 16.5 Å². The third-order valence-corrected chi connectivity index (χ3v) is 1.88. The number of rotatable bonds is 1. The summed E-state index contributed by atoms with van der Waals surface area (Å²) in [7, 11) is 0. The largest absolute Gasteiger partial charge is 0.478 e. The van der Waals surface area contributed by atoms with Crippen molar-refractivity contribution in [3.8, 4) is 0 Å². The Morgan fingerprint density at radius 3 is 2.71 bits per heavy atom. The average molecular weight is 210 g/mol. The summed E-state index contributed by atoms with van der Waals surface area (Å²) in [5, 5.41) is 9.53. The van der Waals surface area contributed by atoms with Crippen LogP contribution in [0.5, 0.6) is 0 Å². The molecule has 1 N–H and O–H groups in total. The van der Waals surface area contributed by atoms with Crippen LogP contribution in [0.15, 0.2) is 36.5 Å². The number of halogens is 1. The Morgan fingerprint density at radius 2 is 2.00 bits per heavy atom. The van der Waals surface area contributed by atoms with Crippen molar-refractivity contribution in [2.24, 2.45) is 0 Å². The van der Waals surface area contributed by atoms with Gasteiger partial charge in [0.15, 0.2) is 0 Å². The summed E-state index contributed by atoms with van der Waals surface area (Å²) in [6.07, 6.45) is 1.65. The van der Waals surface area contributed by atoms with Gasteiger partial charge in [0.1, 0.15) is 0 Å². The molecule has 2 aromatic rings.